The smallest absolute Gasteiger partial charge is 0.182 e. The maximum atomic E-state index is 7.99. The standard InChI is InChI=1S/C13H18N2O2S/c1-3-16-8-7-15-11-6-5-10(17-4-2)9-12(11)18-13(15)14/h5-6,9,14H,3-4,7-8H2,1-2H3. The zero-order valence-electron chi connectivity index (χ0n) is 10.7. The van der Waals surface area contributed by atoms with Gasteiger partial charge in [0.15, 0.2) is 4.80 Å². The zero-order valence-corrected chi connectivity index (χ0v) is 11.5. The van der Waals surface area contributed by atoms with Crippen molar-refractivity contribution in [2.75, 3.05) is 19.8 Å². The second-order valence-electron chi connectivity index (χ2n) is 3.82. The minimum Gasteiger partial charge on any atom is -0.494 e. The molecule has 1 N–H and O–H groups in total. The molecule has 0 spiro atoms. The summed E-state index contributed by atoms with van der Waals surface area (Å²) in [5, 5.41) is 7.99. The van der Waals surface area contributed by atoms with Gasteiger partial charge in [-0.25, -0.2) is 0 Å². The number of fused-ring (bicyclic) bond motifs is 1. The van der Waals surface area contributed by atoms with Gasteiger partial charge in [-0.1, -0.05) is 11.3 Å². The predicted octanol–water partition coefficient (Wildman–Crippen LogP) is 2.62. The van der Waals surface area contributed by atoms with E-state index in [4.69, 9.17) is 14.9 Å². The molecule has 0 saturated carbocycles. The third-order valence-electron chi connectivity index (χ3n) is 2.65. The molecule has 18 heavy (non-hydrogen) atoms. The van der Waals surface area contributed by atoms with E-state index in [1.54, 1.807) is 0 Å². The number of hydrogen-bond acceptors (Lipinski definition) is 4. The fourth-order valence-electron chi connectivity index (χ4n) is 1.85. The third-order valence-corrected chi connectivity index (χ3v) is 3.61. The van der Waals surface area contributed by atoms with Crippen molar-refractivity contribution in [3.63, 3.8) is 0 Å². The van der Waals surface area contributed by atoms with E-state index in [9.17, 15) is 0 Å². The molecule has 1 aromatic carbocycles. The molecule has 0 atom stereocenters. The van der Waals surface area contributed by atoms with E-state index in [2.05, 4.69) is 0 Å². The first-order valence-electron chi connectivity index (χ1n) is 6.14. The summed E-state index contributed by atoms with van der Waals surface area (Å²) in [6.07, 6.45) is 0. The Hall–Kier alpha value is -1.33. The van der Waals surface area contributed by atoms with E-state index in [1.165, 1.54) is 11.3 Å². The molecule has 1 aromatic heterocycles. The summed E-state index contributed by atoms with van der Waals surface area (Å²) in [6, 6.07) is 5.97. The van der Waals surface area contributed by atoms with Gasteiger partial charge in [0.1, 0.15) is 5.75 Å². The highest BCUT2D eigenvalue weighted by Crippen LogP contribution is 2.23. The van der Waals surface area contributed by atoms with Crippen molar-refractivity contribution in [2.45, 2.75) is 20.4 Å². The lowest BCUT2D eigenvalue weighted by atomic mass is 10.3. The molecule has 0 amide bonds. The average Bonchev–Trinajstić information content (AvgIpc) is 2.66. The number of rotatable bonds is 6. The molecule has 0 aliphatic heterocycles. The predicted molar refractivity (Wildman–Crippen MR) is 73.3 cm³/mol. The van der Waals surface area contributed by atoms with Crippen LogP contribution < -0.4 is 9.54 Å². The van der Waals surface area contributed by atoms with Crippen LogP contribution in [0.25, 0.3) is 10.2 Å². The van der Waals surface area contributed by atoms with Gasteiger partial charge in [-0.2, -0.15) is 0 Å². The highest BCUT2D eigenvalue weighted by atomic mass is 32.1. The van der Waals surface area contributed by atoms with Crippen LogP contribution in [-0.2, 0) is 11.3 Å². The van der Waals surface area contributed by atoms with Crippen LogP contribution in [-0.4, -0.2) is 24.4 Å². The van der Waals surface area contributed by atoms with Crippen molar-refractivity contribution in [1.29, 1.82) is 5.41 Å². The van der Waals surface area contributed by atoms with Gasteiger partial charge in [-0.05, 0) is 32.0 Å². The zero-order chi connectivity index (χ0) is 13.0. The Labute approximate surface area is 110 Å². The van der Waals surface area contributed by atoms with E-state index in [0.29, 0.717) is 24.6 Å². The molecule has 0 saturated heterocycles. The minimum absolute atomic E-state index is 0.554. The molecule has 2 aromatic rings. The number of benzene rings is 1. The van der Waals surface area contributed by atoms with Crippen LogP contribution >= 0.6 is 11.3 Å². The average molecular weight is 266 g/mol. The van der Waals surface area contributed by atoms with Crippen LogP contribution in [0.15, 0.2) is 18.2 Å². The number of thiazole rings is 1. The fraction of sp³-hybridized carbons (Fsp3) is 0.462. The Morgan fingerprint density at radius 1 is 1.28 bits per heavy atom. The number of nitrogens with zero attached hydrogens (tertiary/aromatic N) is 1. The molecule has 0 radical (unpaired) electrons. The SMILES string of the molecule is CCOCCn1c(=N)sc2cc(OCC)ccc21. The largest absolute Gasteiger partial charge is 0.494 e. The van der Waals surface area contributed by atoms with Crippen molar-refractivity contribution >= 4 is 21.6 Å². The maximum Gasteiger partial charge on any atom is 0.182 e. The Kier molecular flexibility index (Phi) is 4.38. The highest BCUT2D eigenvalue weighted by Gasteiger charge is 2.06. The van der Waals surface area contributed by atoms with Gasteiger partial charge in [0.2, 0.25) is 0 Å². The molecule has 0 aliphatic rings. The van der Waals surface area contributed by atoms with E-state index in [-0.39, 0.29) is 0 Å². The first-order chi connectivity index (χ1) is 8.76. The van der Waals surface area contributed by atoms with Gasteiger partial charge in [0, 0.05) is 13.2 Å². The van der Waals surface area contributed by atoms with Gasteiger partial charge in [0.25, 0.3) is 0 Å². The number of nitrogens with one attached hydrogen (secondary N) is 1. The Bertz CT molecular complexity index is 574. The molecule has 1 heterocycles. The van der Waals surface area contributed by atoms with Gasteiger partial charge < -0.3 is 14.0 Å². The topological polar surface area (TPSA) is 47.2 Å². The number of aromatic nitrogens is 1. The maximum absolute atomic E-state index is 7.99. The Balaban J connectivity index is 2.30. The summed E-state index contributed by atoms with van der Waals surface area (Å²) >= 11 is 1.47. The summed E-state index contributed by atoms with van der Waals surface area (Å²) in [5.41, 5.74) is 1.08. The van der Waals surface area contributed by atoms with E-state index >= 15 is 0 Å². The first-order valence-corrected chi connectivity index (χ1v) is 6.96. The first kappa shape index (κ1) is 13.1. The lowest BCUT2D eigenvalue weighted by Crippen LogP contribution is -2.16. The molecule has 5 heteroatoms. The summed E-state index contributed by atoms with van der Waals surface area (Å²) < 4.78 is 13.9. The quantitative estimate of drug-likeness (QED) is 0.817. The number of ether oxygens (including phenoxy) is 2. The normalized spacial score (nSPS) is 11.0. The van der Waals surface area contributed by atoms with Crippen LogP contribution in [0.5, 0.6) is 5.75 Å². The van der Waals surface area contributed by atoms with Crippen molar-refractivity contribution in [3.05, 3.63) is 23.0 Å². The third kappa shape index (κ3) is 2.73. The molecule has 0 fully saturated rings. The van der Waals surface area contributed by atoms with Gasteiger partial charge in [-0.15, -0.1) is 0 Å². The Morgan fingerprint density at radius 3 is 2.83 bits per heavy atom. The summed E-state index contributed by atoms with van der Waals surface area (Å²) in [7, 11) is 0. The van der Waals surface area contributed by atoms with E-state index in [1.807, 2.05) is 36.6 Å². The second kappa shape index (κ2) is 6.02. The van der Waals surface area contributed by atoms with Gasteiger partial charge >= 0.3 is 0 Å². The van der Waals surface area contributed by atoms with Crippen LogP contribution in [0.4, 0.5) is 0 Å². The summed E-state index contributed by atoms with van der Waals surface area (Å²) in [6.45, 7) is 6.69. The van der Waals surface area contributed by atoms with Crippen molar-refractivity contribution < 1.29 is 9.47 Å². The van der Waals surface area contributed by atoms with Crippen LogP contribution in [0, 0.1) is 5.41 Å². The Morgan fingerprint density at radius 2 is 2.11 bits per heavy atom. The van der Waals surface area contributed by atoms with Crippen molar-refractivity contribution in [1.82, 2.24) is 4.57 Å². The summed E-state index contributed by atoms with van der Waals surface area (Å²) in [5.74, 6) is 0.864. The molecule has 2 rings (SSSR count). The molecule has 98 valence electrons. The minimum atomic E-state index is 0.554. The monoisotopic (exact) mass is 266 g/mol. The highest BCUT2D eigenvalue weighted by molar-refractivity contribution is 7.16. The van der Waals surface area contributed by atoms with Gasteiger partial charge in [0.05, 0.1) is 23.4 Å². The van der Waals surface area contributed by atoms with E-state index < -0.39 is 0 Å². The molecular formula is C13H18N2O2S. The number of hydrogen-bond donors (Lipinski definition) is 1. The molecular weight excluding hydrogens is 248 g/mol. The van der Waals surface area contributed by atoms with Gasteiger partial charge in [-0.3, -0.25) is 5.41 Å². The van der Waals surface area contributed by atoms with Crippen molar-refractivity contribution in [3.8, 4) is 5.75 Å². The van der Waals surface area contributed by atoms with Crippen LogP contribution in [0.1, 0.15) is 13.8 Å². The fourth-order valence-corrected chi connectivity index (χ4v) is 2.81. The van der Waals surface area contributed by atoms with Crippen LogP contribution in [0.2, 0.25) is 0 Å². The second-order valence-corrected chi connectivity index (χ2v) is 4.85. The van der Waals surface area contributed by atoms with E-state index in [0.717, 1.165) is 22.5 Å². The lowest BCUT2D eigenvalue weighted by molar-refractivity contribution is 0.139. The lowest BCUT2D eigenvalue weighted by Gasteiger charge is -2.06. The molecule has 0 unspecified atom stereocenters. The van der Waals surface area contributed by atoms with Crippen LogP contribution in [0.3, 0.4) is 0 Å². The molecule has 0 aliphatic carbocycles. The molecule has 0 bridgehead atoms. The van der Waals surface area contributed by atoms with Crippen molar-refractivity contribution in [2.24, 2.45) is 0 Å². The molecule has 4 nitrogen and oxygen atoms in total. The summed E-state index contributed by atoms with van der Waals surface area (Å²) in [4.78, 5) is 0.554.